The molecule has 1 aromatic heterocycles. The molecular formula is C23H23BrN4O2. The van der Waals surface area contributed by atoms with Gasteiger partial charge in [-0.05, 0) is 49.7 Å². The predicted molar refractivity (Wildman–Crippen MR) is 121 cm³/mol. The van der Waals surface area contributed by atoms with Crippen molar-refractivity contribution in [3.8, 4) is 5.69 Å². The lowest BCUT2D eigenvalue weighted by atomic mass is 10.2. The molecule has 4 rings (SSSR count). The lowest BCUT2D eigenvalue weighted by molar-refractivity contribution is 0.0767. The minimum Gasteiger partial charge on any atom is -0.353 e. The van der Waals surface area contributed by atoms with Gasteiger partial charge < -0.3 is 9.80 Å². The zero-order chi connectivity index (χ0) is 21.1. The minimum absolute atomic E-state index is 0.0377. The van der Waals surface area contributed by atoms with Gasteiger partial charge in [-0.1, -0.05) is 39.7 Å². The molecule has 2 aromatic carbocycles. The average Bonchev–Trinajstić information content (AvgIpc) is 3.01. The van der Waals surface area contributed by atoms with Crippen LogP contribution in [0.3, 0.4) is 0 Å². The molecule has 3 aromatic rings. The Hall–Kier alpha value is -2.93. The number of hydrogen-bond acceptors (Lipinski definition) is 4. The SMILES string of the molecule is Cc1ccc(-n2nc(N3CCCN(C(=O)c4cccc(Br)c4)CC3)ccc2=O)cc1. The summed E-state index contributed by atoms with van der Waals surface area (Å²) in [6.45, 7) is 4.76. The Bertz CT molecular complexity index is 1110. The molecule has 154 valence electrons. The second-order valence-corrected chi connectivity index (χ2v) is 8.34. The van der Waals surface area contributed by atoms with E-state index in [1.54, 1.807) is 12.1 Å². The monoisotopic (exact) mass is 466 g/mol. The molecule has 0 atom stereocenters. The van der Waals surface area contributed by atoms with Crippen LogP contribution >= 0.6 is 15.9 Å². The molecule has 0 saturated carbocycles. The topological polar surface area (TPSA) is 58.4 Å². The molecule has 1 aliphatic rings. The zero-order valence-corrected chi connectivity index (χ0v) is 18.4. The first-order valence-electron chi connectivity index (χ1n) is 9.98. The Labute approximate surface area is 183 Å². The summed E-state index contributed by atoms with van der Waals surface area (Å²) in [5, 5.41) is 4.60. The van der Waals surface area contributed by atoms with Gasteiger partial charge in [-0.2, -0.15) is 4.68 Å². The summed E-state index contributed by atoms with van der Waals surface area (Å²) >= 11 is 3.43. The molecule has 0 radical (unpaired) electrons. The van der Waals surface area contributed by atoms with Crippen molar-refractivity contribution in [1.82, 2.24) is 14.7 Å². The number of benzene rings is 2. The van der Waals surface area contributed by atoms with E-state index in [9.17, 15) is 9.59 Å². The van der Waals surface area contributed by atoms with Gasteiger partial charge in [0.05, 0.1) is 5.69 Å². The lowest BCUT2D eigenvalue weighted by Crippen LogP contribution is -2.36. The van der Waals surface area contributed by atoms with Crippen molar-refractivity contribution in [3.63, 3.8) is 0 Å². The Morgan fingerprint density at radius 2 is 1.77 bits per heavy atom. The first-order chi connectivity index (χ1) is 14.5. The van der Waals surface area contributed by atoms with Crippen LogP contribution in [0.15, 0.2) is 69.9 Å². The number of carbonyl (C=O) groups is 1. The molecule has 0 bridgehead atoms. The lowest BCUT2D eigenvalue weighted by Gasteiger charge is -2.23. The second-order valence-electron chi connectivity index (χ2n) is 7.42. The van der Waals surface area contributed by atoms with Crippen molar-refractivity contribution in [3.05, 3.63) is 86.6 Å². The summed E-state index contributed by atoms with van der Waals surface area (Å²) in [6, 6.07) is 18.5. The molecule has 1 fully saturated rings. The van der Waals surface area contributed by atoms with E-state index in [1.807, 2.05) is 60.4 Å². The summed E-state index contributed by atoms with van der Waals surface area (Å²) in [4.78, 5) is 29.3. The van der Waals surface area contributed by atoms with E-state index in [2.05, 4.69) is 25.9 Å². The quantitative estimate of drug-likeness (QED) is 0.590. The average molecular weight is 467 g/mol. The molecule has 1 amide bonds. The van der Waals surface area contributed by atoms with E-state index >= 15 is 0 Å². The first kappa shape index (κ1) is 20.3. The third kappa shape index (κ3) is 4.46. The molecule has 0 spiro atoms. The summed E-state index contributed by atoms with van der Waals surface area (Å²) < 4.78 is 2.33. The van der Waals surface area contributed by atoms with Gasteiger partial charge in [0.15, 0.2) is 0 Å². The molecule has 0 unspecified atom stereocenters. The van der Waals surface area contributed by atoms with Crippen molar-refractivity contribution in [2.75, 3.05) is 31.1 Å². The standard InChI is InChI=1S/C23H23BrN4O2/c1-17-6-8-20(9-7-17)28-22(29)11-10-21(25-28)26-12-3-13-27(15-14-26)23(30)18-4-2-5-19(24)16-18/h2,4-11,16H,3,12-15H2,1H3. The number of aromatic nitrogens is 2. The fraction of sp³-hybridized carbons (Fsp3) is 0.261. The van der Waals surface area contributed by atoms with E-state index in [0.717, 1.165) is 34.5 Å². The van der Waals surface area contributed by atoms with Gasteiger partial charge >= 0.3 is 0 Å². The number of nitrogens with zero attached hydrogens (tertiary/aromatic N) is 4. The Morgan fingerprint density at radius 1 is 0.967 bits per heavy atom. The van der Waals surface area contributed by atoms with Gasteiger partial charge in [0.25, 0.3) is 11.5 Å². The molecule has 6 nitrogen and oxygen atoms in total. The number of amides is 1. The summed E-state index contributed by atoms with van der Waals surface area (Å²) in [5.74, 6) is 0.780. The maximum atomic E-state index is 12.9. The number of hydrogen-bond donors (Lipinski definition) is 0. The van der Waals surface area contributed by atoms with Crippen molar-refractivity contribution in [1.29, 1.82) is 0 Å². The van der Waals surface area contributed by atoms with Crippen LogP contribution in [0.4, 0.5) is 5.82 Å². The third-order valence-corrected chi connectivity index (χ3v) is 5.74. The van der Waals surface area contributed by atoms with Gasteiger partial charge in [0, 0.05) is 42.3 Å². The Balaban J connectivity index is 1.52. The Kier molecular flexibility index (Phi) is 5.99. The number of anilines is 1. The largest absolute Gasteiger partial charge is 0.353 e. The van der Waals surface area contributed by atoms with E-state index in [0.29, 0.717) is 25.2 Å². The molecule has 30 heavy (non-hydrogen) atoms. The van der Waals surface area contributed by atoms with Crippen LogP contribution in [0.2, 0.25) is 0 Å². The summed E-state index contributed by atoms with van der Waals surface area (Å²) in [7, 11) is 0. The van der Waals surface area contributed by atoms with Crippen molar-refractivity contribution >= 4 is 27.7 Å². The van der Waals surface area contributed by atoms with E-state index in [1.165, 1.54) is 4.68 Å². The maximum Gasteiger partial charge on any atom is 0.271 e. The highest BCUT2D eigenvalue weighted by Crippen LogP contribution is 2.17. The van der Waals surface area contributed by atoms with Gasteiger partial charge in [-0.25, -0.2) is 0 Å². The van der Waals surface area contributed by atoms with Gasteiger partial charge in [-0.3, -0.25) is 9.59 Å². The van der Waals surface area contributed by atoms with Gasteiger partial charge in [0.1, 0.15) is 5.82 Å². The van der Waals surface area contributed by atoms with Crippen molar-refractivity contribution in [2.45, 2.75) is 13.3 Å². The van der Waals surface area contributed by atoms with Crippen LogP contribution in [0.5, 0.6) is 0 Å². The Morgan fingerprint density at radius 3 is 2.53 bits per heavy atom. The highest BCUT2D eigenvalue weighted by Gasteiger charge is 2.21. The van der Waals surface area contributed by atoms with Gasteiger partial charge in [0.2, 0.25) is 0 Å². The van der Waals surface area contributed by atoms with Crippen molar-refractivity contribution in [2.24, 2.45) is 0 Å². The van der Waals surface area contributed by atoms with E-state index in [-0.39, 0.29) is 11.5 Å². The summed E-state index contributed by atoms with van der Waals surface area (Å²) in [6.07, 6.45) is 0.838. The summed E-state index contributed by atoms with van der Waals surface area (Å²) in [5.41, 5.74) is 2.40. The maximum absolute atomic E-state index is 12.9. The minimum atomic E-state index is -0.163. The third-order valence-electron chi connectivity index (χ3n) is 5.24. The fourth-order valence-electron chi connectivity index (χ4n) is 3.59. The zero-order valence-electron chi connectivity index (χ0n) is 16.8. The molecule has 7 heteroatoms. The molecule has 0 N–H and O–H groups in total. The molecule has 1 aliphatic heterocycles. The van der Waals surface area contributed by atoms with Crippen molar-refractivity contribution < 1.29 is 4.79 Å². The normalized spacial score (nSPS) is 14.5. The number of aryl methyl sites for hydroxylation is 1. The highest BCUT2D eigenvalue weighted by molar-refractivity contribution is 9.10. The smallest absolute Gasteiger partial charge is 0.271 e. The van der Waals surface area contributed by atoms with Gasteiger partial charge in [-0.15, -0.1) is 5.10 Å². The number of halogens is 1. The van der Waals surface area contributed by atoms with E-state index in [4.69, 9.17) is 0 Å². The van der Waals surface area contributed by atoms with Crippen LogP contribution in [-0.2, 0) is 0 Å². The van der Waals surface area contributed by atoms with E-state index < -0.39 is 0 Å². The predicted octanol–water partition coefficient (Wildman–Crippen LogP) is 3.66. The number of rotatable bonds is 3. The molecular weight excluding hydrogens is 444 g/mol. The molecule has 1 saturated heterocycles. The highest BCUT2D eigenvalue weighted by atomic mass is 79.9. The number of carbonyl (C=O) groups excluding carboxylic acids is 1. The van der Waals surface area contributed by atoms with Crippen LogP contribution in [0, 0.1) is 6.92 Å². The van der Waals surface area contributed by atoms with Crippen LogP contribution in [0.25, 0.3) is 5.69 Å². The molecule has 0 aliphatic carbocycles. The first-order valence-corrected chi connectivity index (χ1v) is 10.8. The fourth-order valence-corrected chi connectivity index (χ4v) is 3.99. The van der Waals surface area contributed by atoms with Crippen LogP contribution in [-0.4, -0.2) is 46.8 Å². The van der Waals surface area contributed by atoms with Crippen LogP contribution < -0.4 is 10.5 Å². The molecule has 2 heterocycles. The second kappa shape index (κ2) is 8.83. The van der Waals surface area contributed by atoms with Crippen LogP contribution in [0.1, 0.15) is 22.3 Å².